The number of benzene rings is 1. The summed E-state index contributed by atoms with van der Waals surface area (Å²) >= 11 is 0. The summed E-state index contributed by atoms with van der Waals surface area (Å²) < 4.78 is 0. The Morgan fingerprint density at radius 2 is 1.96 bits per heavy atom. The van der Waals surface area contributed by atoms with Crippen molar-refractivity contribution in [2.45, 2.75) is 26.2 Å². The molecule has 0 aliphatic carbocycles. The van der Waals surface area contributed by atoms with Crippen LogP contribution in [-0.2, 0) is 0 Å². The van der Waals surface area contributed by atoms with E-state index in [2.05, 4.69) is 59.2 Å². The standard InChI is InChI=1S/C20H23N3/c1-2-3-13-22-14-11-16-15-23(17-8-5-4-6-9-17)20-18(19(16)22)10-7-12-21-20/h4-10,12H,2-3,11,13-15H2,1H3. The second kappa shape index (κ2) is 6.07. The van der Waals surface area contributed by atoms with Crippen molar-refractivity contribution in [3.8, 4) is 0 Å². The Kier molecular flexibility index (Phi) is 3.78. The van der Waals surface area contributed by atoms with Crippen molar-refractivity contribution in [2.75, 3.05) is 24.5 Å². The fourth-order valence-corrected chi connectivity index (χ4v) is 3.70. The van der Waals surface area contributed by atoms with E-state index in [9.17, 15) is 0 Å². The molecular weight excluding hydrogens is 282 g/mol. The highest BCUT2D eigenvalue weighted by molar-refractivity contribution is 5.84. The number of unbranched alkanes of at least 4 members (excludes halogenated alkanes) is 1. The van der Waals surface area contributed by atoms with E-state index < -0.39 is 0 Å². The molecule has 0 saturated carbocycles. The van der Waals surface area contributed by atoms with Crippen molar-refractivity contribution in [3.63, 3.8) is 0 Å². The van der Waals surface area contributed by atoms with Gasteiger partial charge in [-0.05, 0) is 42.7 Å². The smallest absolute Gasteiger partial charge is 0.142 e. The summed E-state index contributed by atoms with van der Waals surface area (Å²) in [5.74, 6) is 1.10. The van der Waals surface area contributed by atoms with Gasteiger partial charge in [-0.25, -0.2) is 4.98 Å². The number of rotatable bonds is 4. The van der Waals surface area contributed by atoms with Gasteiger partial charge in [0.2, 0.25) is 0 Å². The highest BCUT2D eigenvalue weighted by Gasteiger charge is 2.32. The van der Waals surface area contributed by atoms with Crippen LogP contribution in [0.1, 0.15) is 31.7 Å². The van der Waals surface area contributed by atoms with Crippen LogP contribution in [0.3, 0.4) is 0 Å². The quantitative estimate of drug-likeness (QED) is 0.832. The van der Waals surface area contributed by atoms with Crippen molar-refractivity contribution in [3.05, 3.63) is 59.8 Å². The second-order valence-corrected chi connectivity index (χ2v) is 6.34. The van der Waals surface area contributed by atoms with Crippen LogP contribution in [0.15, 0.2) is 54.2 Å². The minimum absolute atomic E-state index is 0.964. The summed E-state index contributed by atoms with van der Waals surface area (Å²) in [6.45, 7) is 5.54. The van der Waals surface area contributed by atoms with Gasteiger partial charge in [-0.15, -0.1) is 0 Å². The Hall–Kier alpha value is -2.29. The molecule has 0 radical (unpaired) electrons. The van der Waals surface area contributed by atoms with Gasteiger partial charge in [0.1, 0.15) is 5.82 Å². The fourth-order valence-electron chi connectivity index (χ4n) is 3.70. The Balaban J connectivity index is 1.75. The molecule has 0 spiro atoms. The molecule has 2 aromatic rings. The maximum atomic E-state index is 4.72. The van der Waals surface area contributed by atoms with Crippen LogP contribution in [0, 0.1) is 0 Å². The zero-order valence-corrected chi connectivity index (χ0v) is 13.7. The lowest BCUT2D eigenvalue weighted by Crippen LogP contribution is -2.28. The maximum absolute atomic E-state index is 4.72. The number of fused-ring (bicyclic) bond motifs is 2. The molecule has 1 aromatic heterocycles. The molecule has 118 valence electrons. The second-order valence-electron chi connectivity index (χ2n) is 6.34. The minimum Gasteiger partial charge on any atom is -0.371 e. The Labute approximate surface area is 138 Å². The normalized spacial score (nSPS) is 16.6. The molecule has 3 nitrogen and oxygen atoms in total. The zero-order chi connectivity index (χ0) is 15.6. The number of nitrogens with zero attached hydrogens (tertiary/aromatic N) is 3. The van der Waals surface area contributed by atoms with E-state index in [1.54, 1.807) is 5.57 Å². The number of hydrogen-bond donors (Lipinski definition) is 0. The summed E-state index contributed by atoms with van der Waals surface area (Å²) in [4.78, 5) is 9.65. The lowest BCUT2D eigenvalue weighted by molar-refractivity contribution is 0.414. The first-order chi connectivity index (χ1) is 11.4. The van der Waals surface area contributed by atoms with Gasteiger partial charge in [0.05, 0.1) is 0 Å². The monoisotopic (exact) mass is 305 g/mol. The van der Waals surface area contributed by atoms with E-state index in [0.717, 1.165) is 25.5 Å². The zero-order valence-electron chi connectivity index (χ0n) is 13.7. The van der Waals surface area contributed by atoms with Crippen LogP contribution < -0.4 is 4.90 Å². The largest absolute Gasteiger partial charge is 0.371 e. The lowest BCUT2D eigenvalue weighted by atomic mass is 10.0. The van der Waals surface area contributed by atoms with Gasteiger partial charge in [0.25, 0.3) is 0 Å². The third-order valence-electron chi connectivity index (χ3n) is 4.83. The van der Waals surface area contributed by atoms with Gasteiger partial charge in [-0.2, -0.15) is 0 Å². The van der Waals surface area contributed by atoms with Crippen LogP contribution in [-0.4, -0.2) is 29.5 Å². The van der Waals surface area contributed by atoms with Gasteiger partial charge in [-0.3, -0.25) is 0 Å². The molecule has 0 N–H and O–H groups in total. The summed E-state index contributed by atoms with van der Waals surface area (Å²) in [6, 6.07) is 14.9. The average Bonchev–Trinajstić information content (AvgIpc) is 3.03. The summed E-state index contributed by atoms with van der Waals surface area (Å²) in [6.07, 6.45) is 5.59. The number of aromatic nitrogens is 1. The van der Waals surface area contributed by atoms with Gasteiger partial charge in [-0.1, -0.05) is 31.5 Å². The van der Waals surface area contributed by atoms with Crippen molar-refractivity contribution < 1.29 is 0 Å². The van der Waals surface area contributed by atoms with Crippen LogP contribution >= 0.6 is 0 Å². The van der Waals surface area contributed by atoms with E-state index in [1.165, 1.54) is 36.2 Å². The molecule has 3 heteroatoms. The fraction of sp³-hybridized carbons (Fsp3) is 0.350. The first kappa shape index (κ1) is 14.3. The third-order valence-corrected chi connectivity index (χ3v) is 4.83. The molecule has 0 atom stereocenters. The molecule has 23 heavy (non-hydrogen) atoms. The predicted molar refractivity (Wildman–Crippen MR) is 95.7 cm³/mol. The molecule has 3 heterocycles. The van der Waals surface area contributed by atoms with Gasteiger partial charge < -0.3 is 9.80 Å². The van der Waals surface area contributed by atoms with Crippen LogP contribution in [0.5, 0.6) is 0 Å². The molecule has 0 fully saturated rings. The van der Waals surface area contributed by atoms with Gasteiger partial charge >= 0.3 is 0 Å². The average molecular weight is 305 g/mol. The number of para-hydroxylation sites is 1. The number of anilines is 2. The number of hydrogen-bond acceptors (Lipinski definition) is 3. The van der Waals surface area contributed by atoms with E-state index in [0.29, 0.717) is 0 Å². The van der Waals surface area contributed by atoms with E-state index in [-0.39, 0.29) is 0 Å². The number of pyridine rings is 1. The first-order valence-electron chi connectivity index (χ1n) is 8.63. The van der Waals surface area contributed by atoms with Gasteiger partial charge in [0, 0.05) is 42.8 Å². The lowest BCUT2D eigenvalue weighted by Gasteiger charge is -2.33. The van der Waals surface area contributed by atoms with E-state index >= 15 is 0 Å². The Morgan fingerprint density at radius 1 is 1.09 bits per heavy atom. The molecular formula is C20H23N3. The molecule has 0 saturated heterocycles. The molecule has 2 aliphatic heterocycles. The SMILES string of the molecule is CCCCN1CCC2=C1c1cccnc1N(c1ccccc1)C2. The molecule has 0 unspecified atom stereocenters. The summed E-state index contributed by atoms with van der Waals surface area (Å²) in [7, 11) is 0. The molecule has 4 rings (SSSR count). The molecule has 0 amide bonds. The van der Waals surface area contributed by atoms with Gasteiger partial charge in [0.15, 0.2) is 0 Å². The first-order valence-corrected chi connectivity index (χ1v) is 8.63. The molecule has 0 bridgehead atoms. The van der Waals surface area contributed by atoms with Crippen LogP contribution in [0.25, 0.3) is 5.70 Å². The topological polar surface area (TPSA) is 19.4 Å². The Morgan fingerprint density at radius 3 is 2.78 bits per heavy atom. The highest BCUT2D eigenvalue weighted by atomic mass is 15.2. The summed E-state index contributed by atoms with van der Waals surface area (Å²) in [5.41, 5.74) is 5.54. The van der Waals surface area contributed by atoms with Crippen molar-refractivity contribution in [1.29, 1.82) is 0 Å². The highest BCUT2D eigenvalue weighted by Crippen LogP contribution is 2.42. The van der Waals surface area contributed by atoms with E-state index in [4.69, 9.17) is 4.98 Å². The third kappa shape index (κ3) is 2.50. The van der Waals surface area contributed by atoms with Crippen molar-refractivity contribution >= 4 is 17.2 Å². The predicted octanol–water partition coefficient (Wildman–Crippen LogP) is 4.45. The van der Waals surface area contributed by atoms with Crippen LogP contribution in [0.2, 0.25) is 0 Å². The van der Waals surface area contributed by atoms with Crippen LogP contribution in [0.4, 0.5) is 11.5 Å². The van der Waals surface area contributed by atoms with Crippen molar-refractivity contribution in [1.82, 2.24) is 9.88 Å². The molecule has 1 aromatic carbocycles. The van der Waals surface area contributed by atoms with Crippen molar-refractivity contribution in [2.24, 2.45) is 0 Å². The van der Waals surface area contributed by atoms with E-state index in [1.807, 2.05) is 6.20 Å². The maximum Gasteiger partial charge on any atom is 0.142 e. The molecule has 2 aliphatic rings. The Bertz CT molecular complexity index is 721. The summed E-state index contributed by atoms with van der Waals surface area (Å²) in [5, 5.41) is 0. The minimum atomic E-state index is 0.964.